The van der Waals surface area contributed by atoms with Crippen LogP contribution in [0.5, 0.6) is 0 Å². The predicted octanol–water partition coefficient (Wildman–Crippen LogP) is 3.75. The number of nitrogens with two attached hydrogens (primary N) is 1. The number of rotatable bonds is 2. The average molecular weight is 286 g/mol. The fraction of sp³-hybridized carbons (Fsp3) is 0.538. The Morgan fingerprint density at radius 1 is 1.25 bits per heavy atom. The van der Waals surface area contributed by atoms with E-state index in [1.165, 1.54) is 6.42 Å². The molecule has 2 N–H and O–H groups in total. The van der Waals surface area contributed by atoms with Gasteiger partial charge in [-0.2, -0.15) is 0 Å². The second kappa shape index (κ2) is 4.84. The van der Waals surface area contributed by atoms with Gasteiger partial charge >= 0.3 is 0 Å². The normalized spacial score (nSPS) is 19.7. The predicted molar refractivity (Wildman–Crippen MR) is 67.9 cm³/mol. The highest BCUT2D eigenvalue weighted by Gasteiger charge is 2.34. The lowest BCUT2D eigenvalue weighted by Gasteiger charge is -2.37. The summed E-state index contributed by atoms with van der Waals surface area (Å²) >= 11 is 3.29. The van der Waals surface area contributed by atoms with E-state index in [4.69, 9.17) is 5.73 Å². The Hall–Kier alpha value is -0.410. The molecule has 0 aliphatic heterocycles. The van der Waals surface area contributed by atoms with Gasteiger partial charge in [0.05, 0.1) is 0 Å². The summed E-state index contributed by atoms with van der Waals surface area (Å²) in [4.78, 5) is 0. The number of hydrogen-bond donors (Lipinski definition) is 1. The largest absolute Gasteiger partial charge is 0.330 e. The van der Waals surface area contributed by atoms with Crippen LogP contribution in [-0.2, 0) is 5.41 Å². The fourth-order valence-corrected chi connectivity index (χ4v) is 3.06. The molecule has 3 heteroatoms. The molecule has 0 bridgehead atoms. The molecule has 0 amide bonds. The van der Waals surface area contributed by atoms with E-state index in [1.54, 1.807) is 6.07 Å². The lowest BCUT2D eigenvalue weighted by Crippen LogP contribution is -2.37. The maximum atomic E-state index is 14.0. The topological polar surface area (TPSA) is 26.0 Å². The summed E-state index contributed by atoms with van der Waals surface area (Å²) in [5.74, 6) is -0.123. The molecule has 1 aliphatic carbocycles. The van der Waals surface area contributed by atoms with Gasteiger partial charge in [-0.1, -0.05) is 41.3 Å². The van der Waals surface area contributed by atoms with E-state index < -0.39 is 0 Å². The van der Waals surface area contributed by atoms with Gasteiger partial charge in [-0.05, 0) is 30.5 Å². The van der Waals surface area contributed by atoms with Crippen molar-refractivity contribution in [3.63, 3.8) is 0 Å². The SMILES string of the molecule is NCC1(c2ccc(Br)cc2F)CCCCC1. The Labute approximate surface area is 104 Å². The van der Waals surface area contributed by atoms with E-state index in [0.29, 0.717) is 6.54 Å². The fourth-order valence-electron chi connectivity index (χ4n) is 2.73. The van der Waals surface area contributed by atoms with Gasteiger partial charge < -0.3 is 5.73 Å². The van der Waals surface area contributed by atoms with E-state index in [2.05, 4.69) is 15.9 Å². The summed E-state index contributed by atoms with van der Waals surface area (Å²) < 4.78 is 14.8. The monoisotopic (exact) mass is 285 g/mol. The molecule has 1 aliphatic rings. The zero-order valence-electron chi connectivity index (χ0n) is 9.31. The van der Waals surface area contributed by atoms with Crippen LogP contribution in [0.3, 0.4) is 0 Å². The first-order chi connectivity index (χ1) is 7.68. The molecule has 0 spiro atoms. The maximum absolute atomic E-state index is 14.0. The van der Waals surface area contributed by atoms with Crippen molar-refractivity contribution in [3.05, 3.63) is 34.1 Å². The average Bonchev–Trinajstić information content (AvgIpc) is 2.30. The first-order valence-electron chi connectivity index (χ1n) is 5.83. The molecule has 0 atom stereocenters. The minimum absolute atomic E-state index is 0.122. The Kier molecular flexibility index (Phi) is 3.65. The van der Waals surface area contributed by atoms with E-state index in [9.17, 15) is 4.39 Å². The van der Waals surface area contributed by atoms with Crippen molar-refractivity contribution in [2.75, 3.05) is 6.54 Å². The van der Waals surface area contributed by atoms with Crippen LogP contribution in [0, 0.1) is 5.82 Å². The summed E-state index contributed by atoms with van der Waals surface area (Å²) in [6, 6.07) is 5.34. The van der Waals surface area contributed by atoms with Gasteiger partial charge in [0.15, 0.2) is 0 Å². The number of benzene rings is 1. The smallest absolute Gasteiger partial charge is 0.128 e. The molecule has 16 heavy (non-hydrogen) atoms. The van der Waals surface area contributed by atoms with Crippen LogP contribution in [0.2, 0.25) is 0 Å². The number of hydrogen-bond acceptors (Lipinski definition) is 1. The zero-order valence-corrected chi connectivity index (χ0v) is 10.9. The Bertz CT molecular complexity index is 372. The highest BCUT2D eigenvalue weighted by atomic mass is 79.9. The first-order valence-corrected chi connectivity index (χ1v) is 6.63. The Morgan fingerprint density at radius 2 is 1.94 bits per heavy atom. The van der Waals surface area contributed by atoms with Gasteiger partial charge in [-0.15, -0.1) is 0 Å². The van der Waals surface area contributed by atoms with Crippen LogP contribution in [0.25, 0.3) is 0 Å². The molecule has 88 valence electrons. The van der Waals surface area contributed by atoms with E-state index in [0.717, 1.165) is 35.7 Å². The second-order valence-corrected chi connectivity index (χ2v) is 5.58. The van der Waals surface area contributed by atoms with Crippen molar-refractivity contribution in [2.24, 2.45) is 5.73 Å². The van der Waals surface area contributed by atoms with Gasteiger partial charge in [-0.3, -0.25) is 0 Å². The van der Waals surface area contributed by atoms with Gasteiger partial charge in [0.1, 0.15) is 5.82 Å². The molecule has 0 heterocycles. The number of halogens is 2. The zero-order chi connectivity index (χ0) is 11.6. The molecule has 0 aromatic heterocycles. The molecule has 0 radical (unpaired) electrons. The van der Waals surface area contributed by atoms with Crippen molar-refractivity contribution in [3.8, 4) is 0 Å². The van der Waals surface area contributed by atoms with Gasteiger partial charge in [0.25, 0.3) is 0 Å². The highest BCUT2D eigenvalue weighted by molar-refractivity contribution is 9.10. The first kappa shape index (κ1) is 12.1. The summed E-state index contributed by atoms with van der Waals surface area (Å²) in [5, 5.41) is 0. The van der Waals surface area contributed by atoms with Crippen LogP contribution < -0.4 is 5.73 Å². The summed E-state index contributed by atoms with van der Waals surface area (Å²) in [7, 11) is 0. The van der Waals surface area contributed by atoms with Gasteiger partial charge in [0, 0.05) is 16.4 Å². The van der Waals surface area contributed by atoms with Crippen molar-refractivity contribution >= 4 is 15.9 Å². The van der Waals surface area contributed by atoms with Crippen molar-refractivity contribution in [2.45, 2.75) is 37.5 Å². The van der Waals surface area contributed by atoms with E-state index in [-0.39, 0.29) is 11.2 Å². The molecule has 0 saturated heterocycles. The quantitative estimate of drug-likeness (QED) is 0.880. The van der Waals surface area contributed by atoms with E-state index >= 15 is 0 Å². The molecular formula is C13H17BrFN. The second-order valence-electron chi connectivity index (χ2n) is 4.67. The van der Waals surface area contributed by atoms with Gasteiger partial charge in [0.2, 0.25) is 0 Å². The van der Waals surface area contributed by atoms with Crippen LogP contribution in [0.15, 0.2) is 22.7 Å². The van der Waals surface area contributed by atoms with Crippen molar-refractivity contribution in [1.82, 2.24) is 0 Å². The molecule has 1 fully saturated rings. The van der Waals surface area contributed by atoms with Crippen LogP contribution in [0.4, 0.5) is 4.39 Å². The van der Waals surface area contributed by atoms with Gasteiger partial charge in [-0.25, -0.2) is 4.39 Å². The molecule has 1 aromatic rings. The minimum atomic E-state index is -0.123. The lowest BCUT2D eigenvalue weighted by molar-refractivity contribution is 0.291. The molecule has 2 rings (SSSR count). The molecule has 1 nitrogen and oxygen atoms in total. The summed E-state index contributed by atoms with van der Waals surface area (Å²) in [6.45, 7) is 0.547. The highest BCUT2D eigenvalue weighted by Crippen LogP contribution is 2.40. The van der Waals surface area contributed by atoms with Crippen LogP contribution in [0.1, 0.15) is 37.7 Å². The van der Waals surface area contributed by atoms with Crippen molar-refractivity contribution < 1.29 is 4.39 Å². The molecule has 0 unspecified atom stereocenters. The third kappa shape index (κ3) is 2.16. The molecule has 1 saturated carbocycles. The van der Waals surface area contributed by atoms with Crippen LogP contribution >= 0.6 is 15.9 Å². The summed E-state index contributed by atoms with van der Waals surface area (Å²) in [5.41, 5.74) is 6.58. The minimum Gasteiger partial charge on any atom is -0.330 e. The Balaban J connectivity index is 2.39. The lowest BCUT2D eigenvalue weighted by atomic mass is 9.69. The third-order valence-electron chi connectivity index (χ3n) is 3.70. The molecule has 1 aromatic carbocycles. The molecular weight excluding hydrogens is 269 g/mol. The Morgan fingerprint density at radius 3 is 2.50 bits per heavy atom. The van der Waals surface area contributed by atoms with E-state index in [1.807, 2.05) is 12.1 Å². The summed E-state index contributed by atoms with van der Waals surface area (Å²) in [6.07, 6.45) is 5.60. The van der Waals surface area contributed by atoms with Crippen LogP contribution in [-0.4, -0.2) is 6.54 Å². The third-order valence-corrected chi connectivity index (χ3v) is 4.20. The van der Waals surface area contributed by atoms with Crippen molar-refractivity contribution in [1.29, 1.82) is 0 Å². The maximum Gasteiger partial charge on any atom is 0.128 e. The standard InChI is InChI=1S/C13H17BrFN/c14-10-4-5-11(12(15)8-10)13(9-16)6-2-1-3-7-13/h4-5,8H,1-3,6-7,9,16H2.